The largest absolute Gasteiger partial charge is 0.496 e. The van der Waals surface area contributed by atoms with E-state index in [0.29, 0.717) is 41.2 Å². The predicted molar refractivity (Wildman–Crippen MR) is 115 cm³/mol. The summed E-state index contributed by atoms with van der Waals surface area (Å²) in [4.78, 5) is 17.2. The third kappa shape index (κ3) is 6.57. The smallest absolute Gasteiger partial charge is 0.257 e. The lowest BCUT2D eigenvalue weighted by Crippen LogP contribution is -2.55. The predicted octanol–water partition coefficient (Wildman–Crippen LogP) is 3.35. The van der Waals surface area contributed by atoms with Crippen molar-refractivity contribution in [1.82, 2.24) is 9.80 Å². The van der Waals surface area contributed by atoms with Crippen molar-refractivity contribution in [2.24, 2.45) is 0 Å². The second kappa shape index (κ2) is 12.5. The van der Waals surface area contributed by atoms with Crippen LogP contribution in [0.4, 0.5) is 5.69 Å². The second-order valence-electron chi connectivity index (χ2n) is 6.12. The fraction of sp³-hybridized carbons (Fsp3) is 0.611. The SMILES string of the molecule is CCOCCN1CCN(C(=O)c2cc(Cl)c(N)cc2OC)CC1CC.Cl.Cl. The number of hydrogen-bond acceptors (Lipinski definition) is 5. The average Bonchev–Trinajstić information content (AvgIpc) is 2.63. The molecule has 0 bridgehead atoms. The molecule has 1 aromatic carbocycles. The van der Waals surface area contributed by atoms with Crippen molar-refractivity contribution in [3.8, 4) is 5.75 Å². The molecule has 1 amide bonds. The number of hydrogen-bond donors (Lipinski definition) is 1. The van der Waals surface area contributed by atoms with Crippen molar-refractivity contribution in [2.75, 3.05) is 52.2 Å². The van der Waals surface area contributed by atoms with Gasteiger partial charge in [0.05, 0.1) is 30.0 Å². The summed E-state index contributed by atoms with van der Waals surface area (Å²) in [5.41, 5.74) is 6.67. The molecule has 1 unspecified atom stereocenters. The van der Waals surface area contributed by atoms with Gasteiger partial charge in [-0.2, -0.15) is 0 Å². The molecule has 1 aliphatic rings. The van der Waals surface area contributed by atoms with Gasteiger partial charge in [-0.05, 0) is 19.4 Å². The van der Waals surface area contributed by atoms with Gasteiger partial charge in [-0.3, -0.25) is 9.69 Å². The van der Waals surface area contributed by atoms with E-state index in [4.69, 9.17) is 26.8 Å². The van der Waals surface area contributed by atoms with Crippen LogP contribution in [-0.2, 0) is 4.74 Å². The van der Waals surface area contributed by atoms with E-state index >= 15 is 0 Å². The van der Waals surface area contributed by atoms with E-state index in [1.54, 1.807) is 12.1 Å². The van der Waals surface area contributed by atoms with Crippen LogP contribution in [0.1, 0.15) is 30.6 Å². The van der Waals surface area contributed by atoms with Crippen LogP contribution in [0.5, 0.6) is 5.75 Å². The first kappa shape index (κ1) is 26.1. The van der Waals surface area contributed by atoms with Gasteiger partial charge >= 0.3 is 0 Å². The van der Waals surface area contributed by atoms with Gasteiger partial charge in [0.15, 0.2) is 0 Å². The first-order valence-electron chi connectivity index (χ1n) is 8.75. The topological polar surface area (TPSA) is 68.0 Å². The first-order chi connectivity index (χ1) is 12.0. The lowest BCUT2D eigenvalue weighted by Gasteiger charge is -2.41. The number of carbonyl (C=O) groups is 1. The molecule has 156 valence electrons. The third-order valence-corrected chi connectivity index (χ3v) is 4.97. The molecule has 1 saturated heterocycles. The summed E-state index contributed by atoms with van der Waals surface area (Å²) in [6.07, 6.45) is 0.982. The van der Waals surface area contributed by atoms with Gasteiger partial charge in [0.25, 0.3) is 5.91 Å². The number of carbonyl (C=O) groups excluding carboxylic acids is 1. The average molecular weight is 443 g/mol. The molecular weight excluding hydrogens is 413 g/mol. The Morgan fingerprint density at radius 3 is 2.59 bits per heavy atom. The standard InChI is InChI=1S/C18H28ClN3O3.2ClH/c1-4-13-12-22(7-6-21(13)8-9-25-5-2)18(23)14-10-15(19)16(20)11-17(14)24-3;;/h10-11,13H,4-9,12,20H2,1-3H3;2*1H. The number of amides is 1. The fourth-order valence-electron chi connectivity index (χ4n) is 3.16. The van der Waals surface area contributed by atoms with Crippen molar-refractivity contribution in [3.05, 3.63) is 22.7 Å². The van der Waals surface area contributed by atoms with E-state index in [2.05, 4.69) is 11.8 Å². The highest BCUT2D eigenvalue weighted by atomic mass is 35.5. The molecule has 1 heterocycles. The molecule has 1 aliphatic heterocycles. The van der Waals surface area contributed by atoms with Crippen LogP contribution in [0.15, 0.2) is 12.1 Å². The zero-order chi connectivity index (χ0) is 18.4. The highest BCUT2D eigenvalue weighted by Gasteiger charge is 2.30. The molecule has 1 fully saturated rings. The Balaban J connectivity index is 0.00000338. The summed E-state index contributed by atoms with van der Waals surface area (Å²) < 4.78 is 10.8. The van der Waals surface area contributed by atoms with Crippen LogP contribution in [0, 0.1) is 0 Å². The van der Waals surface area contributed by atoms with E-state index in [-0.39, 0.29) is 30.7 Å². The monoisotopic (exact) mass is 441 g/mol. The van der Waals surface area contributed by atoms with Crippen molar-refractivity contribution >= 4 is 48.0 Å². The summed E-state index contributed by atoms with van der Waals surface area (Å²) in [6, 6.07) is 3.53. The molecule has 6 nitrogen and oxygen atoms in total. The van der Waals surface area contributed by atoms with Crippen LogP contribution in [0.25, 0.3) is 0 Å². The fourth-order valence-corrected chi connectivity index (χ4v) is 3.32. The van der Waals surface area contributed by atoms with Gasteiger partial charge in [-0.25, -0.2) is 0 Å². The van der Waals surface area contributed by atoms with Gasteiger partial charge in [0.2, 0.25) is 0 Å². The molecule has 27 heavy (non-hydrogen) atoms. The molecule has 1 atom stereocenters. The molecular formula is C18H30Cl3N3O3. The second-order valence-corrected chi connectivity index (χ2v) is 6.53. The van der Waals surface area contributed by atoms with Crippen LogP contribution in [-0.4, -0.2) is 68.3 Å². The number of nitrogens with two attached hydrogens (primary N) is 1. The van der Waals surface area contributed by atoms with Gasteiger partial charge in [0, 0.05) is 44.9 Å². The van der Waals surface area contributed by atoms with Crippen molar-refractivity contribution < 1.29 is 14.3 Å². The third-order valence-electron chi connectivity index (χ3n) is 4.64. The lowest BCUT2D eigenvalue weighted by atomic mass is 10.1. The van der Waals surface area contributed by atoms with Crippen molar-refractivity contribution in [2.45, 2.75) is 26.3 Å². The van der Waals surface area contributed by atoms with E-state index < -0.39 is 0 Å². The Kier molecular flexibility index (Phi) is 12.1. The van der Waals surface area contributed by atoms with Crippen LogP contribution in [0.3, 0.4) is 0 Å². The van der Waals surface area contributed by atoms with E-state index in [1.807, 2.05) is 11.8 Å². The normalized spacial score (nSPS) is 17.0. The Morgan fingerprint density at radius 1 is 1.30 bits per heavy atom. The maximum atomic E-state index is 13.0. The summed E-state index contributed by atoms with van der Waals surface area (Å²) in [7, 11) is 1.53. The lowest BCUT2D eigenvalue weighted by molar-refractivity contribution is 0.0339. The zero-order valence-corrected chi connectivity index (χ0v) is 18.5. The maximum Gasteiger partial charge on any atom is 0.257 e. The Hall–Kier alpha value is -0.920. The molecule has 0 aliphatic carbocycles. The maximum absolute atomic E-state index is 13.0. The summed E-state index contributed by atoms with van der Waals surface area (Å²) in [5, 5.41) is 0.367. The number of anilines is 1. The summed E-state index contributed by atoms with van der Waals surface area (Å²) in [6.45, 7) is 8.69. The highest BCUT2D eigenvalue weighted by Crippen LogP contribution is 2.30. The minimum absolute atomic E-state index is 0. The number of benzene rings is 1. The number of nitrogens with zero attached hydrogens (tertiary/aromatic N) is 2. The van der Waals surface area contributed by atoms with Gasteiger partial charge < -0.3 is 20.1 Å². The van der Waals surface area contributed by atoms with Crippen LogP contribution >= 0.6 is 36.4 Å². The number of halogens is 3. The zero-order valence-electron chi connectivity index (χ0n) is 16.1. The van der Waals surface area contributed by atoms with Crippen molar-refractivity contribution in [3.63, 3.8) is 0 Å². The van der Waals surface area contributed by atoms with Crippen molar-refractivity contribution in [1.29, 1.82) is 0 Å². The van der Waals surface area contributed by atoms with Gasteiger partial charge in [-0.1, -0.05) is 18.5 Å². The quantitative estimate of drug-likeness (QED) is 0.518. The Morgan fingerprint density at radius 2 is 2.00 bits per heavy atom. The van der Waals surface area contributed by atoms with E-state index in [9.17, 15) is 4.79 Å². The minimum Gasteiger partial charge on any atom is -0.496 e. The van der Waals surface area contributed by atoms with Gasteiger partial charge in [-0.15, -0.1) is 24.8 Å². The van der Waals surface area contributed by atoms with E-state index in [0.717, 1.165) is 32.7 Å². The number of nitrogen functional groups attached to an aromatic ring is 1. The molecule has 2 rings (SSSR count). The van der Waals surface area contributed by atoms with Crippen LogP contribution < -0.4 is 10.5 Å². The first-order valence-corrected chi connectivity index (χ1v) is 9.13. The Labute approximate surface area is 179 Å². The molecule has 9 heteroatoms. The molecule has 0 aromatic heterocycles. The van der Waals surface area contributed by atoms with Gasteiger partial charge in [0.1, 0.15) is 5.75 Å². The number of ether oxygens (including phenoxy) is 2. The molecule has 0 radical (unpaired) electrons. The minimum atomic E-state index is -0.0679. The molecule has 2 N–H and O–H groups in total. The molecule has 0 spiro atoms. The number of methoxy groups -OCH3 is 1. The summed E-state index contributed by atoms with van der Waals surface area (Å²) in [5.74, 6) is 0.389. The van der Waals surface area contributed by atoms with E-state index in [1.165, 1.54) is 7.11 Å². The summed E-state index contributed by atoms with van der Waals surface area (Å²) >= 11 is 6.10. The number of rotatable bonds is 7. The molecule has 0 saturated carbocycles. The molecule has 1 aromatic rings. The highest BCUT2D eigenvalue weighted by molar-refractivity contribution is 6.33. The Bertz CT molecular complexity index is 605. The number of piperazine rings is 1. The van der Waals surface area contributed by atoms with Crippen LogP contribution in [0.2, 0.25) is 5.02 Å².